The summed E-state index contributed by atoms with van der Waals surface area (Å²) in [5.74, 6) is 0.489. The first-order chi connectivity index (χ1) is 12.0. The molecule has 2 N–H and O–H groups in total. The maximum atomic E-state index is 10.1. The lowest BCUT2D eigenvalue weighted by molar-refractivity contribution is 0.357. The minimum atomic E-state index is 0.243. The first kappa shape index (κ1) is 22.9. The molecule has 0 saturated carbocycles. The molecule has 0 aliphatic heterocycles. The molecule has 150 valence electrons. The van der Waals surface area contributed by atoms with Crippen molar-refractivity contribution in [2.75, 3.05) is 0 Å². The molecule has 0 bridgehead atoms. The highest BCUT2D eigenvalue weighted by atomic mass is 16.3. The van der Waals surface area contributed by atoms with Crippen LogP contribution in [0, 0.1) is 10.8 Å². The number of aryl methyl sites for hydroxylation is 2. The summed E-state index contributed by atoms with van der Waals surface area (Å²) in [6.07, 6.45) is 11.4. The number of rotatable bonds is 10. The van der Waals surface area contributed by atoms with Gasteiger partial charge in [0.25, 0.3) is 0 Å². The molecule has 1 rings (SSSR count). The van der Waals surface area contributed by atoms with Crippen LogP contribution in [0.25, 0.3) is 0 Å². The van der Waals surface area contributed by atoms with Crippen molar-refractivity contribution in [3.8, 4) is 11.5 Å². The average molecular weight is 363 g/mol. The van der Waals surface area contributed by atoms with Crippen LogP contribution in [0.4, 0.5) is 0 Å². The Morgan fingerprint density at radius 1 is 0.577 bits per heavy atom. The van der Waals surface area contributed by atoms with E-state index in [-0.39, 0.29) is 11.5 Å². The highest BCUT2D eigenvalue weighted by molar-refractivity contribution is 5.45. The summed E-state index contributed by atoms with van der Waals surface area (Å²) in [4.78, 5) is 0. The van der Waals surface area contributed by atoms with Crippen LogP contribution in [0.3, 0.4) is 0 Å². The summed E-state index contributed by atoms with van der Waals surface area (Å²) in [7, 11) is 0. The molecule has 1 aromatic rings. The molecule has 0 heterocycles. The molecular weight excluding hydrogens is 320 g/mol. The van der Waals surface area contributed by atoms with E-state index in [2.05, 4.69) is 41.5 Å². The minimum absolute atomic E-state index is 0.243. The second-order valence-corrected chi connectivity index (χ2v) is 10.4. The third-order valence-corrected chi connectivity index (χ3v) is 5.03. The summed E-state index contributed by atoms with van der Waals surface area (Å²) in [5.41, 5.74) is 2.77. The fourth-order valence-electron chi connectivity index (χ4n) is 3.37. The van der Waals surface area contributed by atoms with Crippen LogP contribution in [0.2, 0.25) is 0 Å². The number of hydrogen-bond donors (Lipinski definition) is 2. The van der Waals surface area contributed by atoms with E-state index in [0.717, 1.165) is 36.8 Å². The van der Waals surface area contributed by atoms with E-state index in [1.807, 2.05) is 6.07 Å². The third-order valence-electron chi connectivity index (χ3n) is 5.03. The molecule has 1 aromatic carbocycles. The summed E-state index contributed by atoms with van der Waals surface area (Å²) in [5, 5.41) is 20.3. The Bertz CT molecular complexity index is 532. The smallest absolute Gasteiger partial charge is 0.122 e. The average Bonchev–Trinajstić information content (AvgIpc) is 2.48. The van der Waals surface area contributed by atoms with E-state index in [1.54, 1.807) is 0 Å². The maximum absolute atomic E-state index is 10.1. The molecule has 2 nitrogen and oxygen atoms in total. The molecule has 0 unspecified atom stereocenters. The molecule has 0 atom stereocenters. The molecule has 0 aliphatic carbocycles. The lowest BCUT2D eigenvalue weighted by Crippen LogP contribution is -2.04. The van der Waals surface area contributed by atoms with Crippen molar-refractivity contribution in [1.82, 2.24) is 0 Å². The number of hydrogen-bond acceptors (Lipinski definition) is 2. The lowest BCUT2D eigenvalue weighted by Gasteiger charge is -2.18. The Labute approximate surface area is 162 Å². The SMILES string of the molecule is CC(C)(C)CCCCCCc1cc(CCCCC(C)(C)C)c(O)cc1O. The maximum Gasteiger partial charge on any atom is 0.122 e. The Morgan fingerprint density at radius 2 is 0.962 bits per heavy atom. The molecular formula is C24H42O2. The van der Waals surface area contributed by atoms with Gasteiger partial charge in [0.2, 0.25) is 0 Å². The summed E-state index contributed by atoms with van der Waals surface area (Å²) in [6.45, 7) is 13.7. The monoisotopic (exact) mass is 362 g/mol. The Balaban J connectivity index is 2.43. The number of benzene rings is 1. The number of unbranched alkanes of at least 4 members (excludes halogenated alkanes) is 4. The second kappa shape index (κ2) is 10.2. The topological polar surface area (TPSA) is 40.5 Å². The molecule has 0 saturated heterocycles. The molecule has 0 fully saturated rings. The van der Waals surface area contributed by atoms with Crippen molar-refractivity contribution in [2.45, 2.75) is 106 Å². The van der Waals surface area contributed by atoms with Crippen molar-refractivity contribution in [3.05, 3.63) is 23.3 Å². The first-order valence-electron chi connectivity index (χ1n) is 10.5. The summed E-state index contributed by atoms with van der Waals surface area (Å²) >= 11 is 0. The van der Waals surface area contributed by atoms with Gasteiger partial charge in [0, 0.05) is 6.07 Å². The molecule has 0 amide bonds. The van der Waals surface area contributed by atoms with Crippen LogP contribution in [-0.4, -0.2) is 10.2 Å². The van der Waals surface area contributed by atoms with E-state index < -0.39 is 0 Å². The normalized spacial score (nSPS) is 12.5. The zero-order valence-electron chi connectivity index (χ0n) is 18.1. The van der Waals surface area contributed by atoms with Gasteiger partial charge in [-0.15, -0.1) is 0 Å². The van der Waals surface area contributed by atoms with E-state index in [1.165, 1.54) is 44.6 Å². The van der Waals surface area contributed by atoms with Gasteiger partial charge in [-0.3, -0.25) is 0 Å². The second-order valence-electron chi connectivity index (χ2n) is 10.4. The fraction of sp³-hybridized carbons (Fsp3) is 0.750. The van der Waals surface area contributed by atoms with Crippen LogP contribution in [0.15, 0.2) is 12.1 Å². The lowest BCUT2D eigenvalue weighted by atomic mass is 9.89. The highest BCUT2D eigenvalue weighted by Crippen LogP contribution is 2.31. The van der Waals surface area contributed by atoms with Gasteiger partial charge in [-0.25, -0.2) is 0 Å². The van der Waals surface area contributed by atoms with Gasteiger partial charge < -0.3 is 10.2 Å². The van der Waals surface area contributed by atoms with Gasteiger partial charge in [0.1, 0.15) is 11.5 Å². The van der Waals surface area contributed by atoms with Crippen LogP contribution in [0.5, 0.6) is 11.5 Å². The van der Waals surface area contributed by atoms with Gasteiger partial charge in [0.15, 0.2) is 0 Å². The van der Waals surface area contributed by atoms with Crippen LogP contribution >= 0.6 is 0 Å². The minimum Gasteiger partial charge on any atom is -0.508 e. The Morgan fingerprint density at radius 3 is 1.42 bits per heavy atom. The Kier molecular flexibility index (Phi) is 9.00. The zero-order chi connectivity index (χ0) is 19.8. The molecule has 0 radical (unpaired) electrons. The fourth-order valence-corrected chi connectivity index (χ4v) is 3.37. The van der Waals surface area contributed by atoms with Gasteiger partial charge >= 0.3 is 0 Å². The highest BCUT2D eigenvalue weighted by Gasteiger charge is 2.12. The largest absolute Gasteiger partial charge is 0.508 e. The predicted octanol–water partition coefficient (Wildman–Crippen LogP) is 7.40. The van der Waals surface area contributed by atoms with Crippen molar-refractivity contribution in [3.63, 3.8) is 0 Å². The molecule has 0 aliphatic rings. The van der Waals surface area contributed by atoms with E-state index in [9.17, 15) is 10.2 Å². The van der Waals surface area contributed by atoms with Crippen LogP contribution in [-0.2, 0) is 12.8 Å². The molecule has 0 spiro atoms. The number of phenols is 2. The van der Waals surface area contributed by atoms with Gasteiger partial charge in [0.05, 0.1) is 0 Å². The molecule has 0 aromatic heterocycles. The third kappa shape index (κ3) is 10.1. The van der Waals surface area contributed by atoms with Crippen LogP contribution in [0.1, 0.15) is 104 Å². The van der Waals surface area contributed by atoms with Gasteiger partial charge in [-0.2, -0.15) is 0 Å². The van der Waals surface area contributed by atoms with Gasteiger partial charge in [-0.1, -0.05) is 67.2 Å². The van der Waals surface area contributed by atoms with Crippen molar-refractivity contribution in [1.29, 1.82) is 0 Å². The van der Waals surface area contributed by atoms with Crippen LogP contribution < -0.4 is 0 Å². The summed E-state index contributed by atoms with van der Waals surface area (Å²) < 4.78 is 0. The quantitative estimate of drug-likeness (QED) is 0.426. The molecule has 26 heavy (non-hydrogen) atoms. The first-order valence-corrected chi connectivity index (χ1v) is 10.5. The van der Waals surface area contributed by atoms with Crippen molar-refractivity contribution >= 4 is 0 Å². The standard InChI is InChI=1S/C24H42O2/c1-23(2,3)15-11-8-7-9-13-19-17-20(22(26)18-21(19)25)14-10-12-16-24(4,5)6/h17-18,25-26H,7-16H2,1-6H3. The summed E-state index contributed by atoms with van der Waals surface area (Å²) in [6, 6.07) is 3.56. The van der Waals surface area contributed by atoms with Gasteiger partial charge in [-0.05, 0) is 66.5 Å². The van der Waals surface area contributed by atoms with E-state index >= 15 is 0 Å². The van der Waals surface area contributed by atoms with E-state index in [0.29, 0.717) is 10.8 Å². The van der Waals surface area contributed by atoms with Crippen molar-refractivity contribution in [2.24, 2.45) is 10.8 Å². The predicted molar refractivity (Wildman–Crippen MR) is 113 cm³/mol. The molecule has 2 heteroatoms. The number of phenolic OH excluding ortho intramolecular Hbond substituents is 2. The number of aromatic hydroxyl groups is 2. The Hall–Kier alpha value is -1.18. The van der Waals surface area contributed by atoms with E-state index in [4.69, 9.17) is 0 Å². The van der Waals surface area contributed by atoms with Crippen molar-refractivity contribution < 1.29 is 10.2 Å². The zero-order valence-corrected chi connectivity index (χ0v) is 18.1.